The topological polar surface area (TPSA) is 127 Å². The van der Waals surface area contributed by atoms with Gasteiger partial charge in [0.15, 0.2) is 0 Å². The molecule has 0 radical (unpaired) electrons. The maximum absolute atomic E-state index is 11.5. The van der Waals surface area contributed by atoms with Crippen molar-refractivity contribution < 1.29 is 42.9 Å². The van der Waals surface area contributed by atoms with E-state index in [-0.39, 0.29) is 6.61 Å². The van der Waals surface area contributed by atoms with Crippen LogP contribution in [0.5, 0.6) is 0 Å². The third kappa shape index (κ3) is 6.68. The molecule has 1 aliphatic heterocycles. The van der Waals surface area contributed by atoms with Gasteiger partial charge in [0, 0.05) is 0 Å². The van der Waals surface area contributed by atoms with Crippen LogP contribution in [0.3, 0.4) is 0 Å². The number of hydrogen-bond acceptors (Lipinski definition) is 10. The van der Waals surface area contributed by atoms with E-state index in [1.807, 2.05) is 0 Å². The Hall–Kier alpha value is -2.06. The van der Waals surface area contributed by atoms with Crippen LogP contribution in [0.1, 0.15) is 27.7 Å². The Balaban J connectivity index is 3.28. The van der Waals surface area contributed by atoms with Gasteiger partial charge in [-0.15, -0.1) is 0 Å². The molecule has 11 heteroatoms. The summed E-state index contributed by atoms with van der Waals surface area (Å²) in [7, 11) is 0. The summed E-state index contributed by atoms with van der Waals surface area (Å²) in [6.45, 7) is 4.34. The summed E-state index contributed by atoms with van der Waals surface area (Å²) in [5.74, 6) is -2.62. The number of hydrogen-bond donors (Lipinski definition) is 0. The zero-order chi connectivity index (χ0) is 19.9. The van der Waals surface area contributed by atoms with Gasteiger partial charge >= 0.3 is 157 Å². The number of aliphatic imine (C=N–C) groups is 1. The number of rotatable bonds is 6. The van der Waals surface area contributed by atoms with Crippen molar-refractivity contribution in [2.45, 2.75) is 58.3 Å². The summed E-state index contributed by atoms with van der Waals surface area (Å²) >= 11 is 2.41. The predicted molar refractivity (Wildman–Crippen MR) is 85.1 cm³/mol. The van der Waals surface area contributed by atoms with Crippen LogP contribution in [0, 0.1) is 0 Å². The van der Waals surface area contributed by atoms with Crippen molar-refractivity contribution in [2.24, 2.45) is 4.99 Å². The van der Waals surface area contributed by atoms with Crippen LogP contribution in [-0.4, -0.2) is 81.4 Å². The fourth-order valence-corrected chi connectivity index (χ4v) is 2.60. The molecule has 10 nitrogen and oxygen atoms in total. The van der Waals surface area contributed by atoms with E-state index in [1.165, 1.54) is 6.92 Å². The first-order valence-corrected chi connectivity index (χ1v) is 8.38. The molecular weight excluding hydrogens is 417 g/mol. The zero-order valence-corrected chi connectivity index (χ0v) is 16.3. The third-order valence-electron chi connectivity index (χ3n) is 3.15. The molecule has 1 rings (SSSR count). The van der Waals surface area contributed by atoms with Gasteiger partial charge in [0.05, 0.1) is 0 Å². The molecule has 1 saturated heterocycles. The Bertz CT molecular complexity index is 616. The average Bonchev–Trinajstić information content (AvgIpc) is 2.49. The summed E-state index contributed by atoms with van der Waals surface area (Å²) in [6, 6.07) is -1.05. The monoisotopic (exact) mass is 437 g/mol. The normalized spacial score (nSPS) is 27.5. The van der Waals surface area contributed by atoms with Gasteiger partial charge in [-0.25, -0.2) is 0 Å². The SMILES string of the molecule is CC(=O)OCC1O[C@@H](OC(C)=O)C(N=C=[Se])C(OC(C)=O)[C@@H]1OC(C)=O. The number of ether oxygens (including phenoxy) is 5. The van der Waals surface area contributed by atoms with E-state index in [0.29, 0.717) is 0 Å². The van der Waals surface area contributed by atoms with Gasteiger partial charge in [0.25, 0.3) is 0 Å². The molecule has 1 heterocycles. The molecule has 5 atom stereocenters. The Kier molecular flexibility index (Phi) is 8.60. The van der Waals surface area contributed by atoms with E-state index in [4.69, 9.17) is 23.7 Å². The predicted octanol–water partition coefficient (Wildman–Crippen LogP) is -0.857. The Labute approximate surface area is 157 Å². The third-order valence-corrected chi connectivity index (χ3v) is 3.37. The average molecular weight is 436 g/mol. The first kappa shape index (κ1) is 22.0. The van der Waals surface area contributed by atoms with Crippen LogP contribution in [0.2, 0.25) is 0 Å². The van der Waals surface area contributed by atoms with E-state index in [9.17, 15) is 19.2 Å². The summed E-state index contributed by atoms with van der Waals surface area (Å²) in [6.07, 6.45) is -4.63. The second kappa shape index (κ2) is 10.2. The van der Waals surface area contributed by atoms with Crippen LogP contribution >= 0.6 is 0 Å². The summed E-state index contributed by atoms with van der Waals surface area (Å²) in [4.78, 5) is 49.5. The van der Waals surface area contributed by atoms with Crippen molar-refractivity contribution in [1.82, 2.24) is 0 Å². The van der Waals surface area contributed by atoms with Gasteiger partial charge in [-0.3, -0.25) is 0 Å². The standard InChI is InChI=1S/C15H19NO9Se/c1-7(17)21-5-11-13(22-8(2)18)14(23-9(3)19)12(16-6-26)15(25-11)24-10(4)20/h11-15H,5H2,1-4H3/t11?,12?,13-,14?,15-/m1/s1. The van der Waals surface area contributed by atoms with Gasteiger partial charge in [-0.2, -0.15) is 0 Å². The van der Waals surface area contributed by atoms with Crippen molar-refractivity contribution in [3.8, 4) is 0 Å². The second-order valence-electron chi connectivity index (χ2n) is 5.31. The molecule has 144 valence electrons. The second-order valence-corrected chi connectivity index (χ2v) is 5.70. The number of nitrogens with zero attached hydrogens (tertiary/aromatic N) is 1. The fraction of sp³-hybridized carbons (Fsp3) is 0.667. The zero-order valence-electron chi connectivity index (χ0n) is 14.6. The van der Waals surface area contributed by atoms with E-state index in [2.05, 4.69) is 25.3 Å². The molecule has 0 amide bonds. The molecule has 0 aromatic heterocycles. The number of carbonyl (C=O) groups excluding carboxylic acids is 4. The Morgan fingerprint density at radius 2 is 1.46 bits per heavy atom. The molecule has 0 spiro atoms. The summed E-state index contributed by atoms with van der Waals surface area (Å²) in [5.41, 5.74) is 0. The molecule has 0 saturated carbocycles. The molecule has 0 aromatic carbocycles. The van der Waals surface area contributed by atoms with Crippen LogP contribution in [0.25, 0.3) is 0 Å². The first-order chi connectivity index (χ1) is 12.1. The van der Waals surface area contributed by atoms with Gasteiger partial charge in [0.2, 0.25) is 0 Å². The molecule has 0 aliphatic carbocycles. The summed E-state index contributed by atoms with van der Waals surface area (Å²) < 4.78 is 28.4. The molecule has 26 heavy (non-hydrogen) atoms. The van der Waals surface area contributed by atoms with E-state index in [0.717, 1.165) is 20.8 Å². The molecule has 0 bridgehead atoms. The van der Waals surface area contributed by atoms with Crippen molar-refractivity contribution in [3.05, 3.63) is 0 Å². The number of esters is 4. The molecular formula is C15H19NO9Se. The van der Waals surface area contributed by atoms with E-state index < -0.39 is 54.5 Å². The molecule has 3 unspecified atom stereocenters. The van der Waals surface area contributed by atoms with Gasteiger partial charge in [-0.1, -0.05) is 0 Å². The van der Waals surface area contributed by atoms with Crippen molar-refractivity contribution in [2.75, 3.05) is 6.61 Å². The van der Waals surface area contributed by atoms with Gasteiger partial charge < -0.3 is 0 Å². The molecule has 0 aromatic rings. The van der Waals surface area contributed by atoms with Crippen LogP contribution in [0.4, 0.5) is 0 Å². The van der Waals surface area contributed by atoms with Gasteiger partial charge in [0.1, 0.15) is 0 Å². The number of carbonyl (C=O) groups is 4. The van der Waals surface area contributed by atoms with Crippen LogP contribution < -0.4 is 0 Å². The van der Waals surface area contributed by atoms with E-state index in [1.54, 1.807) is 0 Å². The summed E-state index contributed by atoms with van der Waals surface area (Å²) in [5, 5.41) is 0. The minimum absolute atomic E-state index is 0.318. The molecule has 0 N–H and O–H groups in total. The van der Waals surface area contributed by atoms with Gasteiger partial charge in [-0.05, 0) is 0 Å². The van der Waals surface area contributed by atoms with Crippen molar-refractivity contribution in [3.63, 3.8) is 0 Å². The quantitative estimate of drug-likeness (QED) is 0.226. The molecule has 1 aliphatic rings. The first-order valence-electron chi connectivity index (χ1n) is 7.53. The Morgan fingerprint density at radius 3 is 1.92 bits per heavy atom. The fourth-order valence-electron chi connectivity index (χ4n) is 2.34. The minimum atomic E-state index is -1.27. The van der Waals surface area contributed by atoms with Crippen molar-refractivity contribution >= 4 is 44.2 Å². The van der Waals surface area contributed by atoms with E-state index >= 15 is 0 Å². The van der Waals surface area contributed by atoms with Crippen LogP contribution in [0.15, 0.2) is 4.99 Å². The van der Waals surface area contributed by atoms with Crippen molar-refractivity contribution in [1.29, 1.82) is 0 Å². The maximum atomic E-state index is 11.5. The molecule has 1 fully saturated rings. The van der Waals surface area contributed by atoms with Crippen LogP contribution in [-0.2, 0) is 42.9 Å². The Morgan fingerprint density at radius 1 is 0.923 bits per heavy atom.